The van der Waals surface area contributed by atoms with Crippen molar-refractivity contribution in [2.75, 3.05) is 11.4 Å². The van der Waals surface area contributed by atoms with E-state index in [0.29, 0.717) is 35.2 Å². The molecule has 4 rings (SSSR count). The molecule has 0 N–H and O–H groups in total. The van der Waals surface area contributed by atoms with Gasteiger partial charge in [-0.15, -0.1) is 0 Å². The summed E-state index contributed by atoms with van der Waals surface area (Å²) in [6.45, 7) is 5.92. The van der Waals surface area contributed by atoms with Crippen molar-refractivity contribution in [1.29, 1.82) is 0 Å². The van der Waals surface area contributed by atoms with Crippen molar-refractivity contribution in [1.82, 2.24) is 18.7 Å². The Labute approximate surface area is 167 Å². The highest BCUT2D eigenvalue weighted by atomic mass is 35.5. The van der Waals surface area contributed by atoms with Crippen molar-refractivity contribution in [3.8, 4) is 0 Å². The molecular formula is C20H24ClN5O2. The highest BCUT2D eigenvalue weighted by Crippen LogP contribution is 2.35. The number of rotatable bonds is 4. The van der Waals surface area contributed by atoms with Gasteiger partial charge in [-0.3, -0.25) is 13.9 Å². The maximum absolute atomic E-state index is 13.2. The number of aryl methyl sites for hydroxylation is 2. The standard InChI is InChI=1S/C20H24ClN5O2/c1-4-5-10-26-18(27)16-17(23(3)20(26)28)22-19-24(11-7-12-25(16)19)15-9-6-8-14(21)13(15)2/h6,8-9H,4-5,7,10-12H2,1-3H3. The van der Waals surface area contributed by atoms with Gasteiger partial charge in [-0.25, -0.2) is 4.79 Å². The summed E-state index contributed by atoms with van der Waals surface area (Å²) in [6.07, 6.45) is 2.58. The molecule has 2 aromatic heterocycles. The van der Waals surface area contributed by atoms with Crippen molar-refractivity contribution in [3.05, 3.63) is 49.6 Å². The van der Waals surface area contributed by atoms with E-state index in [1.165, 1.54) is 9.13 Å². The predicted octanol–water partition coefficient (Wildman–Crippen LogP) is 3.20. The number of benzene rings is 1. The summed E-state index contributed by atoms with van der Waals surface area (Å²) in [6, 6.07) is 5.79. The summed E-state index contributed by atoms with van der Waals surface area (Å²) in [5.74, 6) is 0.687. The van der Waals surface area contributed by atoms with E-state index in [1.54, 1.807) is 7.05 Å². The lowest BCUT2D eigenvalue weighted by Gasteiger charge is -2.30. The van der Waals surface area contributed by atoms with Gasteiger partial charge >= 0.3 is 5.69 Å². The highest BCUT2D eigenvalue weighted by molar-refractivity contribution is 6.31. The maximum Gasteiger partial charge on any atom is 0.332 e. The SMILES string of the molecule is CCCCn1c(=O)c2c(nc3n2CCCN3c2cccc(Cl)c2C)n(C)c1=O. The minimum absolute atomic E-state index is 0.255. The molecule has 0 amide bonds. The van der Waals surface area contributed by atoms with Crippen LogP contribution < -0.4 is 16.1 Å². The molecule has 3 aromatic rings. The monoisotopic (exact) mass is 401 g/mol. The van der Waals surface area contributed by atoms with Crippen LogP contribution in [0.3, 0.4) is 0 Å². The summed E-state index contributed by atoms with van der Waals surface area (Å²) in [7, 11) is 1.68. The quantitative estimate of drug-likeness (QED) is 0.673. The number of hydrogen-bond donors (Lipinski definition) is 0. The minimum Gasteiger partial charge on any atom is -0.312 e. The second-order valence-electron chi connectivity index (χ2n) is 7.28. The molecule has 8 heteroatoms. The van der Waals surface area contributed by atoms with E-state index in [2.05, 4.69) is 4.90 Å². The third-order valence-corrected chi connectivity index (χ3v) is 5.89. The first-order valence-corrected chi connectivity index (χ1v) is 10.1. The van der Waals surface area contributed by atoms with Crippen LogP contribution in [0.2, 0.25) is 5.02 Å². The molecule has 7 nitrogen and oxygen atoms in total. The van der Waals surface area contributed by atoms with Crippen LogP contribution in [0.1, 0.15) is 31.7 Å². The molecule has 0 radical (unpaired) electrons. The molecule has 0 fully saturated rings. The van der Waals surface area contributed by atoms with Gasteiger partial charge in [0.05, 0.1) is 0 Å². The van der Waals surface area contributed by atoms with Gasteiger partial charge < -0.3 is 9.47 Å². The molecule has 0 aliphatic carbocycles. The molecule has 0 saturated heterocycles. The Morgan fingerprint density at radius 1 is 1.21 bits per heavy atom. The molecule has 1 aliphatic rings. The third-order valence-electron chi connectivity index (χ3n) is 5.48. The van der Waals surface area contributed by atoms with Gasteiger partial charge in [0.1, 0.15) is 0 Å². The number of imidazole rings is 1. The zero-order chi connectivity index (χ0) is 20.0. The molecule has 1 aromatic carbocycles. The Morgan fingerprint density at radius 2 is 2.00 bits per heavy atom. The second-order valence-corrected chi connectivity index (χ2v) is 7.68. The number of anilines is 2. The van der Waals surface area contributed by atoms with E-state index in [4.69, 9.17) is 16.6 Å². The highest BCUT2D eigenvalue weighted by Gasteiger charge is 2.27. The van der Waals surface area contributed by atoms with E-state index in [0.717, 1.165) is 37.1 Å². The lowest BCUT2D eigenvalue weighted by Crippen LogP contribution is -2.40. The van der Waals surface area contributed by atoms with Crippen LogP contribution in [0.25, 0.3) is 11.2 Å². The average molecular weight is 402 g/mol. The summed E-state index contributed by atoms with van der Waals surface area (Å²) in [5.41, 5.74) is 2.31. The van der Waals surface area contributed by atoms with Crippen molar-refractivity contribution < 1.29 is 0 Å². The number of fused-ring (bicyclic) bond motifs is 3. The van der Waals surface area contributed by atoms with Crippen LogP contribution in [0.5, 0.6) is 0 Å². The van der Waals surface area contributed by atoms with E-state index >= 15 is 0 Å². The van der Waals surface area contributed by atoms with Gasteiger partial charge in [0.15, 0.2) is 11.2 Å². The Kier molecular flexibility index (Phi) is 4.79. The van der Waals surface area contributed by atoms with Gasteiger partial charge in [-0.2, -0.15) is 4.98 Å². The van der Waals surface area contributed by atoms with Crippen LogP contribution in [-0.4, -0.2) is 25.2 Å². The summed E-state index contributed by atoms with van der Waals surface area (Å²) < 4.78 is 4.77. The fraction of sp³-hybridized carbons (Fsp3) is 0.450. The molecule has 3 heterocycles. The molecule has 0 unspecified atom stereocenters. The summed E-state index contributed by atoms with van der Waals surface area (Å²) in [5, 5.41) is 0.694. The van der Waals surface area contributed by atoms with E-state index < -0.39 is 0 Å². The maximum atomic E-state index is 13.2. The molecular weight excluding hydrogens is 378 g/mol. The number of hydrogen-bond acceptors (Lipinski definition) is 4. The van der Waals surface area contributed by atoms with Gasteiger partial charge in [-0.05, 0) is 37.5 Å². The molecule has 1 aliphatic heterocycles. The average Bonchev–Trinajstić information content (AvgIpc) is 3.08. The van der Waals surface area contributed by atoms with E-state index in [-0.39, 0.29) is 11.2 Å². The van der Waals surface area contributed by atoms with Crippen LogP contribution in [0.4, 0.5) is 11.6 Å². The first-order chi connectivity index (χ1) is 13.5. The Hall–Kier alpha value is -2.54. The lowest BCUT2D eigenvalue weighted by atomic mass is 10.1. The zero-order valence-electron chi connectivity index (χ0n) is 16.4. The van der Waals surface area contributed by atoms with Crippen LogP contribution in [-0.2, 0) is 20.1 Å². The van der Waals surface area contributed by atoms with Crippen LogP contribution in [0.15, 0.2) is 27.8 Å². The van der Waals surface area contributed by atoms with Crippen molar-refractivity contribution >= 4 is 34.4 Å². The van der Waals surface area contributed by atoms with Crippen molar-refractivity contribution in [3.63, 3.8) is 0 Å². The summed E-state index contributed by atoms with van der Waals surface area (Å²) in [4.78, 5) is 32.7. The van der Waals surface area contributed by atoms with Gasteiger partial charge in [-0.1, -0.05) is 31.0 Å². The molecule has 0 atom stereocenters. The Balaban J connectivity index is 1.97. The molecule has 0 spiro atoms. The zero-order valence-corrected chi connectivity index (χ0v) is 17.2. The molecule has 148 valence electrons. The molecule has 0 saturated carbocycles. The Morgan fingerprint density at radius 3 is 2.75 bits per heavy atom. The van der Waals surface area contributed by atoms with Crippen molar-refractivity contribution in [2.24, 2.45) is 7.05 Å². The van der Waals surface area contributed by atoms with E-state index in [1.807, 2.05) is 36.6 Å². The molecule has 0 bridgehead atoms. The smallest absolute Gasteiger partial charge is 0.312 e. The number of unbranched alkanes of at least 4 members (excludes halogenated alkanes) is 1. The van der Waals surface area contributed by atoms with Gasteiger partial charge in [0.25, 0.3) is 5.56 Å². The first kappa shape index (κ1) is 18.8. The van der Waals surface area contributed by atoms with Crippen molar-refractivity contribution in [2.45, 2.75) is 46.2 Å². The minimum atomic E-state index is -0.313. The number of aromatic nitrogens is 4. The Bertz CT molecular complexity index is 1170. The number of halogens is 1. The fourth-order valence-corrected chi connectivity index (χ4v) is 4.06. The largest absolute Gasteiger partial charge is 0.332 e. The lowest BCUT2D eigenvalue weighted by molar-refractivity contribution is 0.560. The predicted molar refractivity (Wildman–Crippen MR) is 112 cm³/mol. The first-order valence-electron chi connectivity index (χ1n) is 9.68. The third kappa shape index (κ3) is 2.76. The van der Waals surface area contributed by atoms with Crippen LogP contribution in [0, 0.1) is 6.92 Å². The fourth-order valence-electron chi connectivity index (χ4n) is 3.89. The van der Waals surface area contributed by atoms with Crippen LogP contribution >= 0.6 is 11.6 Å². The van der Waals surface area contributed by atoms with E-state index in [9.17, 15) is 9.59 Å². The normalized spacial score (nSPS) is 13.9. The molecule has 28 heavy (non-hydrogen) atoms. The van der Waals surface area contributed by atoms with Gasteiger partial charge in [0.2, 0.25) is 5.95 Å². The van der Waals surface area contributed by atoms with Gasteiger partial charge in [0, 0.05) is 37.4 Å². The summed E-state index contributed by atoms with van der Waals surface area (Å²) >= 11 is 6.33. The second kappa shape index (κ2) is 7.13. The number of nitrogens with zero attached hydrogens (tertiary/aromatic N) is 5. The topological polar surface area (TPSA) is 65.1 Å².